The van der Waals surface area contributed by atoms with Crippen molar-refractivity contribution in [3.8, 4) is 0 Å². The van der Waals surface area contributed by atoms with E-state index in [1.54, 1.807) is 0 Å². The van der Waals surface area contributed by atoms with Crippen molar-refractivity contribution in [2.45, 2.75) is 44.3 Å². The molecule has 2 heterocycles. The molecule has 4 unspecified atom stereocenters. The van der Waals surface area contributed by atoms with Gasteiger partial charge in [0.1, 0.15) is 0 Å². The Balaban J connectivity index is 1.70. The highest BCUT2D eigenvalue weighted by molar-refractivity contribution is 4.97. The molecule has 2 nitrogen and oxygen atoms in total. The maximum absolute atomic E-state index is 6.05. The molecule has 4 atom stereocenters. The van der Waals surface area contributed by atoms with E-state index in [1.165, 1.54) is 19.3 Å². The summed E-state index contributed by atoms with van der Waals surface area (Å²) in [5, 5.41) is 0. The zero-order valence-corrected chi connectivity index (χ0v) is 8.29. The average Bonchev–Trinajstić information content (AvgIpc) is 2.78. The molecule has 0 aromatic rings. The van der Waals surface area contributed by atoms with Crippen molar-refractivity contribution in [3.05, 3.63) is 0 Å². The molecule has 3 rings (SSSR count). The van der Waals surface area contributed by atoms with Gasteiger partial charge in [0, 0.05) is 6.42 Å². The Kier molecular flexibility index (Phi) is 1.72. The standard InChI is InChI=1S/C11H18O2/c1-8-5-11(7-12-8)3-2-9-4-10(9)6-13-11/h8-10H,2-7H2,1H3. The third-order valence-corrected chi connectivity index (χ3v) is 3.93. The molecule has 74 valence electrons. The number of ether oxygens (including phenoxy) is 2. The molecule has 1 saturated carbocycles. The summed E-state index contributed by atoms with van der Waals surface area (Å²) in [6.07, 6.45) is 5.56. The molecular weight excluding hydrogens is 164 g/mol. The van der Waals surface area contributed by atoms with Crippen molar-refractivity contribution >= 4 is 0 Å². The lowest BCUT2D eigenvalue weighted by molar-refractivity contribution is -0.0531. The van der Waals surface area contributed by atoms with Crippen LogP contribution in [0.15, 0.2) is 0 Å². The molecule has 3 fully saturated rings. The number of rotatable bonds is 0. The van der Waals surface area contributed by atoms with Crippen LogP contribution in [0.2, 0.25) is 0 Å². The lowest BCUT2D eigenvalue weighted by Gasteiger charge is -2.26. The van der Waals surface area contributed by atoms with Gasteiger partial charge >= 0.3 is 0 Å². The Labute approximate surface area is 79.6 Å². The van der Waals surface area contributed by atoms with Crippen molar-refractivity contribution < 1.29 is 9.47 Å². The van der Waals surface area contributed by atoms with Crippen molar-refractivity contribution in [2.24, 2.45) is 11.8 Å². The van der Waals surface area contributed by atoms with Crippen LogP contribution in [0, 0.1) is 11.8 Å². The van der Waals surface area contributed by atoms with Crippen molar-refractivity contribution in [3.63, 3.8) is 0 Å². The zero-order valence-electron chi connectivity index (χ0n) is 8.29. The van der Waals surface area contributed by atoms with E-state index >= 15 is 0 Å². The molecule has 2 saturated heterocycles. The third-order valence-electron chi connectivity index (χ3n) is 3.93. The van der Waals surface area contributed by atoms with Crippen LogP contribution in [0.4, 0.5) is 0 Å². The second kappa shape index (κ2) is 2.71. The monoisotopic (exact) mass is 182 g/mol. The molecule has 2 aliphatic heterocycles. The predicted octanol–water partition coefficient (Wildman–Crippen LogP) is 1.98. The van der Waals surface area contributed by atoms with Crippen LogP contribution in [0.25, 0.3) is 0 Å². The fraction of sp³-hybridized carbons (Fsp3) is 1.00. The first-order valence-corrected chi connectivity index (χ1v) is 5.53. The van der Waals surface area contributed by atoms with Gasteiger partial charge in [0.05, 0.1) is 24.9 Å². The first-order valence-electron chi connectivity index (χ1n) is 5.53. The van der Waals surface area contributed by atoms with Crippen LogP contribution >= 0.6 is 0 Å². The van der Waals surface area contributed by atoms with Gasteiger partial charge < -0.3 is 9.47 Å². The fourth-order valence-electron chi connectivity index (χ4n) is 2.88. The lowest BCUT2D eigenvalue weighted by atomic mass is 9.93. The van der Waals surface area contributed by atoms with E-state index in [2.05, 4.69) is 6.92 Å². The van der Waals surface area contributed by atoms with Gasteiger partial charge in [-0.25, -0.2) is 0 Å². The van der Waals surface area contributed by atoms with E-state index < -0.39 is 0 Å². The lowest BCUT2D eigenvalue weighted by Crippen LogP contribution is -2.33. The van der Waals surface area contributed by atoms with Crippen LogP contribution in [0.3, 0.4) is 0 Å². The molecule has 0 N–H and O–H groups in total. The molecule has 0 radical (unpaired) electrons. The molecule has 0 bridgehead atoms. The summed E-state index contributed by atoms with van der Waals surface area (Å²) in [5.74, 6) is 1.89. The maximum atomic E-state index is 6.05. The van der Waals surface area contributed by atoms with Gasteiger partial charge in [0.2, 0.25) is 0 Å². The highest BCUT2D eigenvalue weighted by Crippen LogP contribution is 2.48. The molecule has 2 heteroatoms. The van der Waals surface area contributed by atoms with Crippen molar-refractivity contribution in [1.29, 1.82) is 0 Å². The third kappa shape index (κ3) is 1.40. The van der Waals surface area contributed by atoms with Crippen LogP contribution in [-0.4, -0.2) is 24.9 Å². The SMILES string of the molecule is CC1CC2(CCC3CC3CO2)CO1. The molecule has 0 aromatic carbocycles. The Morgan fingerprint density at radius 2 is 2.23 bits per heavy atom. The minimum Gasteiger partial charge on any atom is -0.375 e. The van der Waals surface area contributed by atoms with Gasteiger partial charge in [-0.3, -0.25) is 0 Å². The van der Waals surface area contributed by atoms with Gasteiger partial charge in [-0.15, -0.1) is 0 Å². The van der Waals surface area contributed by atoms with E-state index in [0.717, 1.165) is 31.5 Å². The normalized spacial score (nSPS) is 54.7. The maximum Gasteiger partial charge on any atom is 0.0939 e. The summed E-state index contributed by atoms with van der Waals surface area (Å²) in [6.45, 7) is 4.00. The summed E-state index contributed by atoms with van der Waals surface area (Å²) in [5.41, 5.74) is 0.118. The minimum atomic E-state index is 0.118. The van der Waals surface area contributed by atoms with Crippen LogP contribution in [0.1, 0.15) is 32.6 Å². The fourth-order valence-corrected chi connectivity index (χ4v) is 2.88. The second-order valence-corrected chi connectivity index (χ2v) is 5.11. The highest BCUT2D eigenvalue weighted by Gasteiger charge is 2.47. The van der Waals surface area contributed by atoms with E-state index in [4.69, 9.17) is 9.47 Å². The number of hydrogen-bond donors (Lipinski definition) is 0. The summed E-state index contributed by atoms with van der Waals surface area (Å²) in [4.78, 5) is 0. The number of fused-ring (bicyclic) bond motifs is 1. The Hall–Kier alpha value is -0.0800. The summed E-state index contributed by atoms with van der Waals surface area (Å²) < 4.78 is 11.7. The zero-order chi connectivity index (χ0) is 8.89. The van der Waals surface area contributed by atoms with Crippen molar-refractivity contribution in [2.75, 3.05) is 13.2 Å². The highest BCUT2D eigenvalue weighted by atomic mass is 16.6. The van der Waals surface area contributed by atoms with Gasteiger partial charge in [-0.2, -0.15) is 0 Å². The van der Waals surface area contributed by atoms with Gasteiger partial charge in [-0.1, -0.05) is 0 Å². The molecule has 0 amide bonds. The van der Waals surface area contributed by atoms with E-state index in [9.17, 15) is 0 Å². The first-order chi connectivity index (χ1) is 6.27. The minimum absolute atomic E-state index is 0.118. The number of hydrogen-bond acceptors (Lipinski definition) is 2. The Morgan fingerprint density at radius 3 is 3.00 bits per heavy atom. The average molecular weight is 182 g/mol. The van der Waals surface area contributed by atoms with E-state index in [-0.39, 0.29) is 5.60 Å². The second-order valence-electron chi connectivity index (χ2n) is 5.11. The predicted molar refractivity (Wildman–Crippen MR) is 49.5 cm³/mol. The summed E-state index contributed by atoms with van der Waals surface area (Å²) >= 11 is 0. The smallest absolute Gasteiger partial charge is 0.0939 e. The van der Waals surface area contributed by atoms with Crippen LogP contribution in [-0.2, 0) is 9.47 Å². The molecular formula is C11H18O2. The first kappa shape index (κ1) is 8.25. The van der Waals surface area contributed by atoms with Crippen molar-refractivity contribution in [1.82, 2.24) is 0 Å². The van der Waals surface area contributed by atoms with Gasteiger partial charge in [0.15, 0.2) is 0 Å². The van der Waals surface area contributed by atoms with Crippen LogP contribution in [0.5, 0.6) is 0 Å². The van der Waals surface area contributed by atoms with Crippen LogP contribution < -0.4 is 0 Å². The molecule has 0 aromatic heterocycles. The Bertz CT molecular complexity index is 202. The summed E-state index contributed by atoms with van der Waals surface area (Å²) in [6, 6.07) is 0. The van der Waals surface area contributed by atoms with Gasteiger partial charge in [0.25, 0.3) is 0 Å². The van der Waals surface area contributed by atoms with E-state index in [0.29, 0.717) is 6.10 Å². The largest absolute Gasteiger partial charge is 0.375 e. The quantitative estimate of drug-likeness (QED) is 0.570. The Morgan fingerprint density at radius 1 is 1.31 bits per heavy atom. The van der Waals surface area contributed by atoms with E-state index in [1.807, 2.05) is 0 Å². The topological polar surface area (TPSA) is 18.5 Å². The molecule has 3 aliphatic rings. The molecule has 13 heavy (non-hydrogen) atoms. The van der Waals surface area contributed by atoms with Gasteiger partial charge in [-0.05, 0) is 38.0 Å². The molecule has 1 spiro atoms. The summed E-state index contributed by atoms with van der Waals surface area (Å²) in [7, 11) is 0. The molecule has 1 aliphatic carbocycles.